The lowest BCUT2D eigenvalue weighted by molar-refractivity contribution is 1.09. The quantitative estimate of drug-likeness (QED) is 0.758. The minimum Gasteiger partial charge on any atom is -0.254 e. The summed E-state index contributed by atoms with van der Waals surface area (Å²) in [7, 11) is 0. The topological polar surface area (TPSA) is 38.7 Å². The molecule has 0 bridgehead atoms. The van der Waals surface area contributed by atoms with Crippen LogP contribution in [0.5, 0.6) is 0 Å². The molecule has 0 atom stereocenters. The monoisotopic (exact) mass is 231 g/mol. The van der Waals surface area contributed by atoms with Crippen LogP contribution in [0.3, 0.4) is 0 Å². The molecule has 3 nitrogen and oxygen atoms in total. The highest BCUT2D eigenvalue weighted by Crippen LogP contribution is 2.25. The summed E-state index contributed by atoms with van der Waals surface area (Å²) in [6, 6.07) is 3.42. The molecule has 66 valence electrons. The molecule has 0 saturated carbocycles. The molecule has 0 N–H and O–H groups in total. The van der Waals surface area contributed by atoms with E-state index in [2.05, 4.69) is 15.2 Å². The number of nitrogens with zero attached hydrogens (tertiary/aromatic N) is 3. The van der Waals surface area contributed by atoms with Gasteiger partial charge in [-0.05, 0) is 23.7 Å². The maximum Gasteiger partial charge on any atom is 0.207 e. The smallest absolute Gasteiger partial charge is 0.207 e. The highest BCUT2D eigenvalue weighted by molar-refractivity contribution is 7.18. The van der Waals surface area contributed by atoms with Crippen molar-refractivity contribution in [3.05, 3.63) is 27.8 Å². The normalized spacial score (nSPS) is 10.3. The standard InChI is InChI=1S/C7H3Cl2N3S/c8-4-1-2-10-5(3-4)6-11-12-7(9)13-6/h1-3H. The van der Waals surface area contributed by atoms with E-state index < -0.39 is 0 Å². The van der Waals surface area contributed by atoms with Gasteiger partial charge in [-0.2, -0.15) is 0 Å². The molecule has 0 radical (unpaired) electrons. The first-order valence-electron chi connectivity index (χ1n) is 3.36. The number of hydrogen-bond donors (Lipinski definition) is 0. The zero-order chi connectivity index (χ0) is 9.26. The average molecular weight is 232 g/mol. The largest absolute Gasteiger partial charge is 0.254 e. The summed E-state index contributed by atoms with van der Waals surface area (Å²) in [6.07, 6.45) is 1.62. The van der Waals surface area contributed by atoms with E-state index in [9.17, 15) is 0 Å². The molecular weight excluding hydrogens is 229 g/mol. The van der Waals surface area contributed by atoms with Gasteiger partial charge in [-0.15, -0.1) is 10.2 Å². The van der Waals surface area contributed by atoms with Gasteiger partial charge in [-0.1, -0.05) is 22.9 Å². The van der Waals surface area contributed by atoms with E-state index in [1.807, 2.05) is 0 Å². The summed E-state index contributed by atoms with van der Waals surface area (Å²) in [5, 5.41) is 8.81. The van der Waals surface area contributed by atoms with Crippen molar-refractivity contribution in [1.82, 2.24) is 15.2 Å². The Kier molecular flexibility index (Phi) is 2.44. The third-order valence-electron chi connectivity index (χ3n) is 1.34. The van der Waals surface area contributed by atoms with Crippen LogP contribution in [-0.2, 0) is 0 Å². The molecule has 2 rings (SSSR count). The maximum absolute atomic E-state index is 5.79. The van der Waals surface area contributed by atoms with Gasteiger partial charge in [0.2, 0.25) is 4.47 Å². The lowest BCUT2D eigenvalue weighted by Crippen LogP contribution is -1.81. The first-order chi connectivity index (χ1) is 6.25. The van der Waals surface area contributed by atoms with Crippen LogP contribution < -0.4 is 0 Å². The molecule has 0 aliphatic carbocycles. The van der Waals surface area contributed by atoms with E-state index in [4.69, 9.17) is 23.2 Å². The lowest BCUT2D eigenvalue weighted by Gasteiger charge is -1.93. The highest BCUT2D eigenvalue weighted by atomic mass is 35.5. The van der Waals surface area contributed by atoms with Gasteiger partial charge in [0.1, 0.15) is 5.69 Å². The summed E-state index contributed by atoms with van der Waals surface area (Å²) in [5.74, 6) is 0. The van der Waals surface area contributed by atoms with Crippen molar-refractivity contribution in [2.75, 3.05) is 0 Å². The van der Waals surface area contributed by atoms with Crippen molar-refractivity contribution >= 4 is 34.5 Å². The molecular formula is C7H3Cl2N3S. The fourth-order valence-electron chi connectivity index (χ4n) is 0.831. The van der Waals surface area contributed by atoms with E-state index >= 15 is 0 Å². The van der Waals surface area contributed by atoms with Gasteiger partial charge in [0.25, 0.3) is 0 Å². The Bertz CT molecular complexity index is 429. The first kappa shape index (κ1) is 8.87. The Labute approximate surface area is 88.4 Å². The van der Waals surface area contributed by atoms with Crippen LogP contribution in [0.4, 0.5) is 0 Å². The van der Waals surface area contributed by atoms with Crippen molar-refractivity contribution in [2.45, 2.75) is 0 Å². The predicted molar refractivity (Wildman–Crippen MR) is 53.2 cm³/mol. The molecule has 0 amide bonds. The van der Waals surface area contributed by atoms with Crippen molar-refractivity contribution < 1.29 is 0 Å². The summed E-state index contributed by atoms with van der Waals surface area (Å²) in [5.41, 5.74) is 0.692. The molecule has 2 aromatic rings. The van der Waals surface area contributed by atoms with Crippen LogP contribution in [0.2, 0.25) is 9.49 Å². The molecule has 0 aliphatic heterocycles. The van der Waals surface area contributed by atoms with E-state index in [1.165, 1.54) is 11.3 Å². The fourth-order valence-corrected chi connectivity index (χ4v) is 1.79. The van der Waals surface area contributed by atoms with E-state index in [0.29, 0.717) is 20.2 Å². The Balaban J connectivity index is 2.46. The Hall–Kier alpha value is -0.710. The van der Waals surface area contributed by atoms with E-state index in [-0.39, 0.29) is 0 Å². The minimum atomic E-state index is 0.400. The number of hydrogen-bond acceptors (Lipinski definition) is 4. The predicted octanol–water partition coefficient (Wildman–Crippen LogP) is 2.91. The van der Waals surface area contributed by atoms with Crippen LogP contribution >= 0.6 is 34.5 Å². The van der Waals surface area contributed by atoms with Gasteiger partial charge in [0.05, 0.1) is 0 Å². The highest BCUT2D eigenvalue weighted by Gasteiger charge is 2.05. The van der Waals surface area contributed by atoms with Crippen molar-refractivity contribution in [3.63, 3.8) is 0 Å². The summed E-state index contributed by atoms with van der Waals surface area (Å²) in [4.78, 5) is 4.09. The Morgan fingerprint density at radius 3 is 2.69 bits per heavy atom. The molecule has 0 aromatic carbocycles. The Morgan fingerprint density at radius 1 is 1.23 bits per heavy atom. The van der Waals surface area contributed by atoms with Crippen LogP contribution in [0.15, 0.2) is 18.3 Å². The lowest BCUT2D eigenvalue weighted by atomic mass is 10.4. The third kappa shape index (κ3) is 1.96. The van der Waals surface area contributed by atoms with Crippen LogP contribution in [0.25, 0.3) is 10.7 Å². The fraction of sp³-hybridized carbons (Fsp3) is 0. The second-order valence-corrected chi connectivity index (χ2v) is 4.22. The maximum atomic E-state index is 5.79. The minimum absolute atomic E-state index is 0.400. The molecule has 0 spiro atoms. The molecule has 13 heavy (non-hydrogen) atoms. The second kappa shape index (κ2) is 3.57. The van der Waals surface area contributed by atoms with Crippen molar-refractivity contribution in [3.8, 4) is 10.7 Å². The van der Waals surface area contributed by atoms with Gasteiger partial charge in [-0.25, -0.2) is 0 Å². The van der Waals surface area contributed by atoms with Crippen LogP contribution in [0, 0.1) is 0 Å². The molecule has 2 aromatic heterocycles. The van der Waals surface area contributed by atoms with Crippen LogP contribution in [-0.4, -0.2) is 15.2 Å². The molecule has 0 fully saturated rings. The van der Waals surface area contributed by atoms with Gasteiger partial charge in [0.15, 0.2) is 5.01 Å². The molecule has 6 heteroatoms. The van der Waals surface area contributed by atoms with Gasteiger partial charge < -0.3 is 0 Å². The van der Waals surface area contributed by atoms with Crippen molar-refractivity contribution in [1.29, 1.82) is 0 Å². The average Bonchev–Trinajstić information content (AvgIpc) is 2.52. The summed E-state index contributed by atoms with van der Waals surface area (Å²) < 4.78 is 0.400. The van der Waals surface area contributed by atoms with Crippen molar-refractivity contribution in [2.24, 2.45) is 0 Å². The molecule has 2 heterocycles. The summed E-state index contributed by atoms with van der Waals surface area (Å²) in [6.45, 7) is 0. The van der Waals surface area contributed by atoms with E-state index in [1.54, 1.807) is 18.3 Å². The molecule has 0 saturated heterocycles. The van der Waals surface area contributed by atoms with Gasteiger partial charge in [-0.3, -0.25) is 4.98 Å². The first-order valence-corrected chi connectivity index (χ1v) is 4.94. The van der Waals surface area contributed by atoms with Gasteiger partial charge in [0, 0.05) is 11.2 Å². The summed E-state index contributed by atoms with van der Waals surface area (Å²) >= 11 is 12.7. The zero-order valence-electron chi connectivity index (χ0n) is 6.24. The zero-order valence-corrected chi connectivity index (χ0v) is 8.57. The third-order valence-corrected chi connectivity index (χ3v) is 2.62. The number of aromatic nitrogens is 3. The second-order valence-electron chi connectivity index (χ2n) is 2.22. The number of pyridine rings is 1. The molecule has 0 aliphatic rings. The van der Waals surface area contributed by atoms with Crippen LogP contribution in [0.1, 0.15) is 0 Å². The Morgan fingerprint density at radius 2 is 2.08 bits per heavy atom. The molecule has 0 unspecified atom stereocenters. The number of rotatable bonds is 1. The van der Waals surface area contributed by atoms with E-state index in [0.717, 1.165) is 0 Å². The SMILES string of the molecule is Clc1ccnc(-c2nnc(Cl)s2)c1. The number of halogens is 2. The van der Waals surface area contributed by atoms with Gasteiger partial charge >= 0.3 is 0 Å².